The average molecular weight is 217 g/mol. The maximum absolute atomic E-state index is 11.0. The van der Waals surface area contributed by atoms with Crippen molar-refractivity contribution in [1.82, 2.24) is 4.98 Å². The second kappa shape index (κ2) is 3.81. The number of aromatic nitrogens is 1. The van der Waals surface area contributed by atoms with Crippen LogP contribution < -0.4 is 4.74 Å². The van der Waals surface area contributed by atoms with E-state index in [1.807, 2.05) is 25.1 Å². The van der Waals surface area contributed by atoms with Gasteiger partial charge in [0.2, 0.25) is 5.88 Å². The lowest BCUT2D eigenvalue weighted by atomic mass is 10.1. The molecule has 1 N–H and O–H groups in total. The number of hydrogen-bond donors (Lipinski definition) is 1. The molecule has 2 rings (SSSR count). The summed E-state index contributed by atoms with van der Waals surface area (Å²) in [4.78, 5) is 15.1. The number of hydrogen-bond acceptors (Lipinski definition) is 3. The van der Waals surface area contributed by atoms with Crippen LogP contribution in [0, 0.1) is 6.92 Å². The van der Waals surface area contributed by atoms with Crippen molar-refractivity contribution in [2.24, 2.45) is 0 Å². The maximum atomic E-state index is 11.0. The second-order valence-corrected chi connectivity index (χ2v) is 3.55. The minimum Gasteiger partial charge on any atom is -0.480 e. The van der Waals surface area contributed by atoms with E-state index in [0.29, 0.717) is 0 Å². The minimum atomic E-state index is -1.03. The molecule has 82 valence electrons. The zero-order valence-electron chi connectivity index (χ0n) is 9.02. The number of aryl methyl sites for hydroxylation is 1. The molecule has 0 bridgehead atoms. The summed E-state index contributed by atoms with van der Waals surface area (Å²) in [5, 5.41) is 9.81. The van der Waals surface area contributed by atoms with Crippen LogP contribution in [-0.4, -0.2) is 23.2 Å². The number of rotatable bonds is 2. The van der Waals surface area contributed by atoms with Crippen molar-refractivity contribution in [3.8, 4) is 5.88 Å². The molecule has 0 aliphatic rings. The van der Waals surface area contributed by atoms with Gasteiger partial charge < -0.3 is 9.84 Å². The maximum Gasteiger partial charge on any atom is 0.341 e. The Balaban J connectivity index is 2.75. The van der Waals surface area contributed by atoms with Gasteiger partial charge in [0, 0.05) is 5.39 Å². The van der Waals surface area contributed by atoms with Crippen LogP contribution in [0.15, 0.2) is 24.3 Å². The number of benzene rings is 1. The van der Waals surface area contributed by atoms with Gasteiger partial charge in [0.05, 0.1) is 12.6 Å². The first kappa shape index (κ1) is 10.4. The van der Waals surface area contributed by atoms with E-state index in [4.69, 9.17) is 9.84 Å². The topological polar surface area (TPSA) is 59.4 Å². The van der Waals surface area contributed by atoms with Gasteiger partial charge in [0.1, 0.15) is 5.56 Å². The number of ether oxygens (including phenoxy) is 1. The van der Waals surface area contributed by atoms with Crippen molar-refractivity contribution in [2.45, 2.75) is 6.92 Å². The molecular weight excluding hydrogens is 206 g/mol. The normalized spacial score (nSPS) is 10.4. The first-order chi connectivity index (χ1) is 7.61. The smallest absolute Gasteiger partial charge is 0.341 e. The summed E-state index contributed by atoms with van der Waals surface area (Å²) in [7, 11) is 1.41. The van der Waals surface area contributed by atoms with Crippen molar-refractivity contribution in [1.29, 1.82) is 0 Å². The third-order valence-electron chi connectivity index (χ3n) is 2.36. The average Bonchev–Trinajstić information content (AvgIpc) is 2.27. The zero-order chi connectivity index (χ0) is 11.7. The van der Waals surface area contributed by atoms with E-state index >= 15 is 0 Å². The number of carboxylic acid groups (broad SMARTS) is 1. The molecule has 4 heteroatoms. The highest BCUT2D eigenvalue weighted by Crippen LogP contribution is 2.22. The predicted octanol–water partition coefficient (Wildman–Crippen LogP) is 2.25. The van der Waals surface area contributed by atoms with Crippen LogP contribution in [0.3, 0.4) is 0 Å². The summed E-state index contributed by atoms with van der Waals surface area (Å²) in [6.45, 7) is 1.95. The Hall–Kier alpha value is -2.10. The van der Waals surface area contributed by atoms with Gasteiger partial charge in [-0.15, -0.1) is 0 Å². The monoisotopic (exact) mass is 217 g/mol. The van der Waals surface area contributed by atoms with E-state index in [1.165, 1.54) is 7.11 Å². The van der Waals surface area contributed by atoms with Crippen LogP contribution in [-0.2, 0) is 0 Å². The van der Waals surface area contributed by atoms with Crippen molar-refractivity contribution in [2.75, 3.05) is 7.11 Å². The molecule has 1 aromatic heterocycles. The molecule has 1 heterocycles. The van der Waals surface area contributed by atoms with Crippen molar-refractivity contribution < 1.29 is 14.6 Å². The van der Waals surface area contributed by atoms with E-state index in [9.17, 15) is 4.79 Å². The molecule has 0 saturated heterocycles. The van der Waals surface area contributed by atoms with E-state index in [1.54, 1.807) is 6.07 Å². The van der Waals surface area contributed by atoms with Crippen LogP contribution >= 0.6 is 0 Å². The first-order valence-electron chi connectivity index (χ1n) is 4.80. The quantitative estimate of drug-likeness (QED) is 0.838. The number of carbonyl (C=O) groups is 1. The Morgan fingerprint density at radius 3 is 2.75 bits per heavy atom. The summed E-state index contributed by atoms with van der Waals surface area (Å²) >= 11 is 0. The molecule has 0 aliphatic heterocycles. The molecule has 0 unspecified atom stereocenters. The SMILES string of the molecule is COc1nc2ccc(C)cc2cc1C(=O)O. The highest BCUT2D eigenvalue weighted by molar-refractivity contribution is 5.95. The highest BCUT2D eigenvalue weighted by Gasteiger charge is 2.13. The second-order valence-electron chi connectivity index (χ2n) is 3.55. The number of nitrogens with zero attached hydrogens (tertiary/aromatic N) is 1. The molecule has 0 spiro atoms. The van der Waals surface area contributed by atoms with Gasteiger partial charge in [-0.25, -0.2) is 9.78 Å². The number of methoxy groups -OCH3 is 1. The van der Waals surface area contributed by atoms with Crippen LogP contribution in [0.4, 0.5) is 0 Å². The standard InChI is InChI=1S/C12H11NO3/c1-7-3-4-10-8(5-7)6-9(12(14)15)11(13-10)16-2/h3-6H,1-2H3,(H,14,15). The van der Waals surface area contributed by atoms with Gasteiger partial charge in [0.25, 0.3) is 0 Å². The zero-order valence-corrected chi connectivity index (χ0v) is 9.02. The van der Waals surface area contributed by atoms with E-state index < -0.39 is 5.97 Å². The summed E-state index contributed by atoms with van der Waals surface area (Å²) in [5.74, 6) is -0.892. The lowest BCUT2D eigenvalue weighted by Gasteiger charge is -2.06. The van der Waals surface area contributed by atoms with E-state index in [0.717, 1.165) is 16.5 Å². The first-order valence-corrected chi connectivity index (χ1v) is 4.80. The fourth-order valence-electron chi connectivity index (χ4n) is 1.59. The van der Waals surface area contributed by atoms with E-state index in [-0.39, 0.29) is 11.4 Å². The Labute approximate surface area is 92.5 Å². The van der Waals surface area contributed by atoms with E-state index in [2.05, 4.69) is 4.98 Å². The predicted molar refractivity (Wildman–Crippen MR) is 60.0 cm³/mol. The highest BCUT2D eigenvalue weighted by atomic mass is 16.5. The Morgan fingerprint density at radius 1 is 1.38 bits per heavy atom. The molecule has 0 saturated carbocycles. The minimum absolute atomic E-state index is 0.0839. The summed E-state index contributed by atoms with van der Waals surface area (Å²) in [5.41, 5.74) is 1.88. The van der Waals surface area contributed by atoms with Crippen LogP contribution in [0.2, 0.25) is 0 Å². The number of aromatic carboxylic acids is 1. The lowest BCUT2D eigenvalue weighted by molar-refractivity contribution is 0.0692. The largest absolute Gasteiger partial charge is 0.480 e. The van der Waals surface area contributed by atoms with Crippen LogP contribution in [0.5, 0.6) is 5.88 Å². The fourth-order valence-corrected chi connectivity index (χ4v) is 1.59. The number of carboxylic acids is 1. The van der Waals surface area contributed by atoms with Crippen molar-refractivity contribution in [3.63, 3.8) is 0 Å². The molecule has 0 atom stereocenters. The molecule has 0 fully saturated rings. The summed E-state index contributed by atoms with van der Waals surface area (Å²) < 4.78 is 4.95. The lowest BCUT2D eigenvalue weighted by Crippen LogP contribution is -2.02. The van der Waals surface area contributed by atoms with Crippen LogP contribution in [0.1, 0.15) is 15.9 Å². The number of pyridine rings is 1. The Kier molecular flexibility index (Phi) is 2.48. The number of fused-ring (bicyclic) bond motifs is 1. The Morgan fingerprint density at radius 2 is 2.12 bits per heavy atom. The summed E-state index contributed by atoms with van der Waals surface area (Å²) in [6.07, 6.45) is 0. The van der Waals surface area contributed by atoms with Gasteiger partial charge in [-0.3, -0.25) is 0 Å². The third-order valence-corrected chi connectivity index (χ3v) is 2.36. The van der Waals surface area contributed by atoms with Gasteiger partial charge in [-0.1, -0.05) is 11.6 Å². The molecule has 4 nitrogen and oxygen atoms in total. The van der Waals surface area contributed by atoms with Gasteiger partial charge in [0.15, 0.2) is 0 Å². The third kappa shape index (κ3) is 1.69. The molecule has 1 aromatic carbocycles. The van der Waals surface area contributed by atoms with Crippen LogP contribution in [0.25, 0.3) is 10.9 Å². The van der Waals surface area contributed by atoms with Gasteiger partial charge in [-0.2, -0.15) is 0 Å². The van der Waals surface area contributed by atoms with Gasteiger partial charge in [-0.05, 0) is 25.1 Å². The molecule has 0 amide bonds. The van der Waals surface area contributed by atoms with Gasteiger partial charge >= 0.3 is 5.97 Å². The Bertz CT molecular complexity index is 563. The van der Waals surface area contributed by atoms with Crippen molar-refractivity contribution >= 4 is 16.9 Å². The molecule has 2 aromatic rings. The summed E-state index contributed by atoms with van der Waals surface area (Å²) in [6, 6.07) is 7.25. The molecular formula is C12H11NO3. The molecule has 0 radical (unpaired) electrons. The fraction of sp³-hybridized carbons (Fsp3) is 0.167. The molecule has 16 heavy (non-hydrogen) atoms. The molecule has 0 aliphatic carbocycles. The van der Waals surface area contributed by atoms with Crippen molar-refractivity contribution in [3.05, 3.63) is 35.4 Å².